The van der Waals surface area contributed by atoms with Gasteiger partial charge in [-0.25, -0.2) is 4.79 Å². The van der Waals surface area contributed by atoms with E-state index < -0.39 is 5.60 Å². The lowest BCUT2D eigenvalue weighted by molar-refractivity contribution is 0.0200. The molecule has 0 N–H and O–H groups in total. The quantitative estimate of drug-likeness (QED) is 0.573. The smallest absolute Gasteiger partial charge is 0.411 e. The Bertz CT molecular complexity index is 285. The Morgan fingerprint density at radius 3 is 2.53 bits per heavy atom. The Kier molecular flexibility index (Phi) is 3.28. The van der Waals surface area contributed by atoms with E-state index in [1.54, 1.807) is 4.90 Å². The standard InChI is InChI=1S/C12H19NO2/c1-6-10-8-7-9(2)13(10)11(14)15-12(3,4)5/h1,9-10H,7-8H2,2-5H3/t9?,10-/m1/s1. The molecule has 0 aromatic heterocycles. The van der Waals surface area contributed by atoms with E-state index in [1.165, 1.54) is 0 Å². The maximum absolute atomic E-state index is 11.8. The molecule has 1 heterocycles. The molecule has 2 atom stereocenters. The number of ether oxygens (including phenoxy) is 1. The fourth-order valence-electron chi connectivity index (χ4n) is 1.77. The van der Waals surface area contributed by atoms with E-state index in [2.05, 4.69) is 5.92 Å². The highest BCUT2D eigenvalue weighted by Gasteiger charge is 2.35. The second-order valence-electron chi connectivity index (χ2n) is 5.00. The molecule has 1 amide bonds. The third-order valence-corrected chi connectivity index (χ3v) is 2.47. The van der Waals surface area contributed by atoms with Gasteiger partial charge in [0.25, 0.3) is 0 Å². The second-order valence-corrected chi connectivity index (χ2v) is 5.00. The van der Waals surface area contributed by atoms with Gasteiger partial charge in [0.15, 0.2) is 0 Å². The Balaban J connectivity index is 2.70. The molecule has 0 aromatic carbocycles. The van der Waals surface area contributed by atoms with Crippen molar-refractivity contribution in [2.24, 2.45) is 0 Å². The molecule has 0 spiro atoms. The van der Waals surface area contributed by atoms with Gasteiger partial charge in [0.2, 0.25) is 0 Å². The summed E-state index contributed by atoms with van der Waals surface area (Å²) in [7, 11) is 0. The monoisotopic (exact) mass is 209 g/mol. The van der Waals surface area contributed by atoms with Crippen LogP contribution in [0.1, 0.15) is 40.5 Å². The van der Waals surface area contributed by atoms with Crippen LogP contribution in [0.25, 0.3) is 0 Å². The Morgan fingerprint density at radius 2 is 2.07 bits per heavy atom. The van der Waals surface area contributed by atoms with E-state index >= 15 is 0 Å². The van der Waals surface area contributed by atoms with Crippen molar-refractivity contribution in [3.05, 3.63) is 0 Å². The molecule has 0 radical (unpaired) electrons. The van der Waals surface area contributed by atoms with Gasteiger partial charge < -0.3 is 4.74 Å². The molecule has 1 saturated heterocycles. The van der Waals surface area contributed by atoms with Gasteiger partial charge in [-0.15, -0.1) is 6.42 Å². The molecule has 0 aromatic rings. The first-order valence-corrected chi connectivity index (χ1v) is 5.32. The van der Waals surface area contributed by atoms with E-state index in [-0.39, 0.29) is 18.2 Å². The molecule has 0 bridgehead atoms. The fraction of sp³-hybridized carbons (Fsp3) is 0.750. The van der Waals surface area contributed by atoms with Crippen molar-refractivity contribution >= 4 is 6.09 Å². The number of carbonyl (C=O) groups is 1. The van der Waals surface area contributed by atoms with Gasteiger partial charge in [-0.05, 0) is 40.5 Å². The predicted molar refractivity (Wildman–Crippen MR) is 59.4 cm³/mol. The second kappa shape index (κ2) is 4.14. The Labute approximate surface area is 91.8 Å². The maximum atomic E-state index is 11.8. The summed E-state index contributed by atoms with van der Waals surface area (Å²) in [6.45, 7) is 7.57. The molecule has 0 aliphatic carbocycles. The van der Waals surface area contributed by atoms with Gasteiger partial charge >= 0.3 is 6.09 Å². The molecule has 1 aliphatic heterocycles. The van der Waals surface area contributed by atoms with Crippen LogP contribution in [0.5, 0.6) is 0 Å². The number of carbonyl (C=O) groups excluding carboxylic acids is 1. The summed E-state index contributed by atoms with van der Waals surface area (Å²) in [6, 6.07) is 0.0794. The number of nitrogens with zero attached hydrogens (tertiary/aromatic N) is 1. The normalized spacial score (nSPS) is 26.2. The molecule has 1 fully saturated rings. The molecule has 15 heavy (non-hydrogen) atoms. The summed E-state index contributed by atoms with van der Waals surface area (Å²) in [5.74, 6) is 2.64. The topological polar surface area (TPSA) is 29.5 Å². The van der Waals surface area contributed by atoms with E-state index in [0.29, 0.717) is 0 Å². The SMILES string of the molecule is C#C[C@@H]1CCC(C)N1C(=O)OC(C)(C)C. The zero-order valence-corrected chi connectivity index (χ0v) is 9.91. The molecular weight excluding hydrogens is 190 g/mol. The maximum Gasteiger partial charge on any atom is 0.411 e. The van der Waals surface area contributed by atoms with Gasteiger partial charge in [-0.2, -0.15) is 0 Å². The molecule has 3 heteroatoms. The lowest BCUT2D eigenvalue weighted by atomic mass is 10.2. The average molecular weight is 209 g/mol. The number of likely N-dealkylation sites (tertiary alicyclic amines) is 1. The highest BCUT2D eigenvalue weighted by molar-refractivity contribution is 5.70. The van der Waals surface area contributed by atoms with Crippen molar-refractivity contribution in [1.82, 2.24) is 4.90 Å². The molecule has 84 valence electrons. The largest absolute Gasteiger partial charge is 0.444 e. The van der Waals surface area contributed by atoms with Crippen molar-refractivity contribution in [2.75, 3.05) is 0 Å². The van der Waals surface area contributed by atoms with Crippen molar-refractivity contribution in [2.45, 2.75) is 58.2 Å². The van der Waals surface area contributed by atoms with Gasteiger partial charge in [0.05, 0.1) is 6.04 Å². The third-order valence-electron chi connectivity index (χ3n) is 2.47. The van der Waals surface area contributed by atoms with Crippen LogP contribution in [0.15, 0.2) is 0 Å². The minimum atomic E-state index is -0.460. The summed E-state index contributed by atoms with van der Waals surface area (Å²) in [5, 5.41) is 0. The van der Waals surface area contributed by atoms with E-state index in [1.807, 2.05) is 27.7 Å². The van der Waals surface area contributed by atoms with Gasteiger partial charge in [0.1, 0.15) is 5.60 Å². The highest BCUT2D eigenvalue weighted by atomic mass is 16.6. The summed E-state index contributed by atoms with van der Waals surface area (Å²) >= 11 is 0. The van der Waals surface area contributed by atoms with E-state index in [4.69, 9.17) is 11.2 Å². The number of rotatable bonds is 0. The van der Waals surface area contributed by atoms with Crippen LogP contribution in [0, 0.1) is 12.3 Å². The van der Waals surface area contributed by atoms with Gasteiger partial charge in [-0.1, -0.05) is 5.92 Å². The Hall–Kier alpha value is -1.17. The number of terminal acetylenes is 1. The first kappa shape index (κ1) is 11.9. The fourth-order valence-corrected chi connectivity index (χ4v) is 1.77. The predicted octanol–water partition coefficient (Wildman–Crippen LogP) is 2.41. The number of amides is 1. The number of hydrogen-bond donors (Lipinski definition) is 0. The molecule has 0 saturated carbocycles. The van der Waals surface area contributed by atoms with E-state index in [9.17, 15) is 4.79 Å². The van der Waals surface area contributed by atoms with Crippen LogP contribution in [-0.4, -0.2) is 28.7 Å². The highest BCUT2D eigenvalue weighted by Crippen LogP contribution is 2.25. The van der Waals surface area contributed by atoms with Crippen LogP contribution in [0.4, 0.5) is 4.79 Å². The minimum Gasteiger partial charge on any atom is -0.444 e. The van der Waals surface area contributed by atoms with Crippen molar-refractivity contribution in [3.8, 4) is 12.3 Å². The molecular formula is C12H19NO2. The third kappa shape index (κ3) is 2.89. The van der Waals surface area contributed by atoms with Crippen LogP contribution >= 0.6 is 0 Å². The molecule has 1 aliphatic rings. The lowest BCUT2D eigenvalue weighted by Crippen LogP contribution is -2.42. The summed E-state index contributed by atoms with van der Waals surface area (Å²) in [6.07, 6.45) is 6.92. The Morgan fingerprint density at radius 1 is 1.47 bits per heavy atom. The first-order chi connectivity index (χ1) is 6.85. The minimum absolute atomic E-state index is 0.102. The zero-order valence-electron chi connectivity index (χ0n) is 9.91. The van der Waals surface area contributed by atoms with Crippen molar-refractivity contribution in [3.63, 3.8) is 0 Å². The first-order valence-electron chi connectivity index (χ1n) is 5.32. The number of hydrogen-bond acceptors (Lipinski definition) is 2. The summed E-state index contributed by atoms with van der Waals surface area (Å²) in [5.41, 5.74) is -0.460. The molecule has 1 unspecified atom stereocenters. The molecule has 1 rings (SSSR count). The van der Waals surface area contributed by atoms with Crippen molar-refractivity contribution in [1.29, 1.82) is 0 Å². The van der Waals surface area contributed by atoms with Crippen LogP contribution in [-0.2, 0) is 4.74 Å². The summed E-state index contributed by atoms with van der Waals surface area (Å²) in [4.78, 5) is 13.5. The van der Waals surface area contributed by atoms with Crippen molar-refractivity contribution < 1.29 is 9.53 Å². The lowest BCUT2D eigenvalue weighted by Gasteiger charge is -2.29. The summed E-state index contributed by atoms with van der Waals surface area (Å²) < 4.78 is 5.32. The van der Waals surface area contributed by atoms with Crippen LogP contribution in [0.3, 0.4) is 0 Å². The van der Waals surface area contributed by atoms with Crippen LogP contribution in [0.2, 0.25) is 0 Å². The van der Waals surface area contributed by atoms with Crippen LogP contribution < -0.4 is 0 Å². The zero-order chi connectivity index (χ0) is 11.6. The average Bonchev–Trinajstić information content (AvgIpc) is 2.43. The van der Waals surface area contributed by atoms with Gasteiger partial charge in [-0.3, -0.25) is 4.90 Å². The van der Waals surface area contributed by atoms with E-state index in [0.717, 1.165) is 12.8 Å². The molecule has 3 nitrogen and oxygen atoms in total. The van der Waals surface area contributed by atoms with Gasteiger partial charge in [0, 0.05) is 6.04 Å².